The van der Waals surface area contributed by atoms with Gasteiger partial charge in [0.05, 0.1) is 18.8 Å². The van der Waals surface area contributed by atoms with Crippen LogP contribution in [0.5, 0.6) is 0 Å². The van der Waals surface area contributed by atoms with E-state index in [1.54, 1.807) is 0 Å². The SMILES string of the molecule is CCCCCCCCCC/C=C/CCCC(O)C(O)C(CO)NC(=O)CCCCCCCCCCCCCCCCCCC/C=C\C/C=C\CCCCCCCCCCC. The van der Waals surface area contributed by atoms with Crippen LogP contribution < -0.4 is 5.32 Å². The molecule has 5 nitrogen and oxygen atoms in total. The van der Waals surface area contributed by atoms with Crippen molar-refractivity contribution in [2.75, 3.05) is 6.61 Å². The fourth-order valence-corrected chi connectivity index (χ4v) is 8.31. The van der Waals surface area contributed by atoms with E-state index in [9.17, 15) is 20.1 Å². The molecule has 0 fully saturated rings. The molecule has 5 heteroatoms. The molecule has 0 saturated heterocycles. The monoisotopic (exact) mass is 844 g/mol. The first-order valence-electron chi connectivity index (χ1n) is 26.8. The molecule has 0 aliphatic rings. The molecular formula is C55H105NO4. The Balaban J connectivity index is 3.51. The van der Waals surface area contributed by atoms with Gasteiger partial charge in [0.1, 0.15) is 6.10 Å². The zero-order valence-corrected chi connectivity index (χ0v) is 40.4. The fourth-order valence-electron chi connectivity index (χ4n) is 8.31. The topological polar surface area (TPSA) is 89.8 Å². The maximum absolute atomic E-state index is 12.5. The van der Waals surface area contributed by atoms with Crippen LogP contribution in [-0.4, -0.2) is 46.1 Å². The predicted octanol–water partition coefficient (Wildman–Crippen LogP) is 16.3. The number of amides is 1. The number of carbonyl (C=O) groups excluding carboxylic acids is 1. The van der Waals surface area contributed by atoms with E-state index in [1.807, 2.05) is 0 Å². The highest BCUT2D eigenvalue weighted by Crippen LogP contribution is 2.16. The highest BCUT2D eigenvalue weighted by Gasteiger charge is 2.26. The summed E-state index contributed by atoms with van der Waals surface area (Å²) in [5.74, 6) is -0.152. The van der Waals surface area contributed by atoms with Crippen LogP contribution in [0.3, 0.4) is 0 Å². The molecule has 0 rings (SSSR count). The first-order valence-corrected chi connectivity index (χ1v) is 26.8. The summed E-state index contributed by atoms with van der Waals surface area (Å²) in [6.45, 7) is 4.17. The molecule has 0 heterocycles. The fraction of sp³-hybridized carbons (Fsp3) is 0.873. The van der Waals surface area contributed by atoms with Crippen LogP contribution in [-0.2, 0) is 4.79 Å². The number of aliphatic hydroxyl groups excluding tert-OH is 3. The lowest BCUT2D eigenvalue weighted by Gasteiger charge is -2.26. The van der Waals surface area contributed by atoms with Crippen LogP contribution in [0.2, 0.25) is 0 Å². The summed E-state index contributed by atoms with van der Waals surface area (Å²) in [4.78, 5) is 12.5. The Morgan fingerprint density at radius 1 is 0.417 bits per heavy atom. The standard InChI is InChI=1S/C55H105NO4/c1-3-5-7-9-11-13-15-17-18-19-20-21-22-23-24-25-26-27-28-29-30-31-32-33-34-35-36-38-40-42-44-46-48-50-54(59)56-52(51-57)55(60)53(58)49-47-45-43-41-39-37-16-14-12-10-8-6-4-2/h20-21,23-24,41,43,52-53,55,57-58,60H,3-19,22,25-40,42,44-51H2,1-2H3,(H,56,59)/b21-20-,24-23-,43-41+. The minimum absolute atomic E-state index is 0.152. The molecule has 1 amide bonds. The van der Waals surface area contributed by atoms with Gasteiger partial charge in [0.15, 0.2) is 0 Å². The van der Waals surface area contributed by atoms with Crippen LogP contribution in [0.1, 0.15) is 284 Å². The van der Waals surface area contributed by atoms with Gasteiger partial charge in [0, 0.05) is 6.42 Å². The minimum atomic E-state index is -1.16. The molecule has 0 radical (unpaired) electrons. The van der Waals surface area contributed by atoms with Gasteiger partial charge >= 0.3 is 0 Å². The number of hydrogen-bond acceptors (Lipinski definition) is 4. The van der Waals surface area contributed by atoms with Gasteiger partial charge in [0.2, 0.25) is 5.91 Å². The van der Waals surface area contributed by atoms with E-state index in [0.717, 1.165) is 44.9 Å². The maximum Gasteiger partial charge on any atom is 0.220 e. The first kappa shape index (κ1) is 58.6. The Labute approximate surface area is 374 Å². The molecule has 60 heavy (non-hydrogen) atoms. The highest BCUT2D eigenvalue weighted by molar-refractivity contribution is 5.76. The number of hydrogen-bond donors (Lipinski definition) is 4. The average molecular weight is 844 g/mol. The Hall–Kier alpha value is -1.43. The molecule has 0 aromatic heterocycles. The summed E-state index contributed by atoms with van der Waals surface area (Å²) in [7, 11) is 0. The first-order chi connectivity index (χ1) is 29.6. The molecule has 0 aliphatic carbocycles. The van der Waals surface area contributed by atoms with E-state index in [0.29, 0.717) is 12.8 Å². The van der Waals surface area contributed by atoms with Gasteiger partial charge in [-0.3, -0.25) is 4.79 Å². The third-order valence-corrected chi connectivity index (χ3v) is 12.5. The zero-order chi connectivity index (χ0) is 43.7. The van der Waals surface area contributed by atoms with Crippen molar-refractivity contribution in [1.29, 1.82) is 0 Å². The lowest BCUT2D eigenvalue weighted by molar-refractivity contribution is -0.124. The molecule has 0 spiro atoms. The molecule has 3 unspecified atom stereocenters. The Morgan fingerprint density at radius 3 is 1.07 bits per heavy atom. The summed E-state index contributed by atoms with van der Waals surface area (Å²) in [6.07, 6.45) is 64.4. The van der Waals surface area contributed by atoms with Crippen molar-refractivity contribution in [2.45, 2.75) is 302 Å². The van der Waals surface area contributed by atoms with Gasteiger partial charge in [0.25, 0.3) is 0 Å². The number of allylic oxidation sites excluding steroid dienone is 6. The second-order valence-corrected chi connectivity index (χ2v) is 18.4. The van der Waals surface area contributed by atoms with Crippen molar-refractivity contribution in [2.24, 2.45) is 0 Å². The Bertz CT molecular complexity index is 931. The molecule has 354 valence electrons. The third-order valence-electron chi connectivity index (χ3n) is 12.5. The van der Waals surface area contributed by atoms with Gasteiger partial charge < -0.3 is 20.6 Å². The van der Waals surface area contributed by atoms with Crippen molar-refractivity contribution in [1.82, 2.24) is 5.32 Å². The van der Waals surface area contributed by atoms with Crippen molar-refractivity contribution < 1.29 is 20.1 Å². The van der Waals surface area contributed by atoms with Gasteiger partial charge in [-0.25, -0.2) is 0 Å². The van der Waals surface area contributed by atoms with Crippen LogP contribution in [0.4, 0.5) is 0 Å². The highest BCUT2D eigenvalue weighted by atomic mass is 16.3. The van der Waals surface area contributed by atoms with E-state index >= 15 is 0 Å². The van der Waals surface area contributed by atoms with E-state index in [1.165, 1.54) is 212 Å². The summed E-state index contributed by atoms with van der Waals surface area (Å²) in [5, 5.41) is 33.6. The number of aliphatic hydroxyl groups is 3. The smallest absolute Gasteiger partial charge is 0.220 e. The van der Waals surface area contributed by atoms with Gasteiger partial charge in [-0.05, 0) is 70.6 Å². The largest absolute Gasteiger partial charge is 0.394 e. The van der Waals surface area contributed by atoms with E-state index < -0.39 is 18.2 Å². The summed E-state index contributed by atoms with van der Waals surface area (Å²) in [6, 6.07) is -0.824. The molecule has 0 aromatic rings. The van der Waals surface area contributed by atoms with Crippen molar-refractivity contribution in [3.05, 3.63) is 36.5 Å². The van der Waals surface area contributed by atoms with Crippen molar-refractivity contribution in [3.63, 3.8) is 0 Å². The molecule has 0 bridgehead atoms. The van der Waals surface area contributed by atoms with Crippen LogP contribution >= 0.6 is 0 Å². The average Bonchev–Trinajstić information content (AvgIpc) is 3.25. The van der Waals surface area contributed by atoms with E-state index in [-0.39, 0.29) is 12.5 Å². The molecule has 0 saturated carbocycles. The number of nitrogens with one attached hydrogen (secondary N) is 1. The quantitative estimate of drug-likeness (QED) is 0.0363. The summed E-state index contributed by atoms with van der Waals surface area (Å²) in [5.41, 5.74) is 0. The molecular weight excluding hydrogens is 739 g/mol. The van der Waals surface area contributed by atoms with E-state index in [4.69, 9.17) is 0 Å². The lowest BCUT2D eigenvalue weighted by atomic mass is 10.0. The normalized spacial score (nSPS) is 13.6. The third kappa shape index (κ3) is 44.6. The second kappa shape index (κ2) is 50.2. The van der Waals surface area contributed by atoms with Crippen molar-refractivity contribution in [3.8, 4) is 0 Å². The maximum atomic E-state index is 12.5. The van der Waals surface area contributed by atoms with Crippen LogP contribution in [0, 0.1) is 0 Å². The second-order valence-electron chi connectivity index (χ2n) is 18.4. The molecule has 0 aliphatic heterocycles. The molecule has 0 aromatic carbocycles. The molecule has 4 N–H and O–H groups in total. The van der Waals surface area contributed by atoms with Crippen LogP contribution in [0.25, 0.3) is 0 Å². The summed E-state index contributed by atoms with van der Waals surface area (Å²) >= 11 is 0. The Kier molecular flexibility index (Phi) is 49.0. The van der Waals surface area contributed by atoms with Gasteiger partial charge in [-0.1, -0.05) is 243 Å². The number of rotatable bonds is 49. The van der Waals surface area contributed by atoms with E-state index in [2.05, 4.69) is 55.6 Å². The summed E-state index contributed by atoms with van der Waals surface area (Å²) < 4.78 is 0. The number of unbranched alkanes of at least 4 members (excludes halogenated alkanes) is 35. The van der Waals surface area contributed by atoms with Crippen molar-refractivity contribution >= 4 is 5.91 Å². The minimum Gasteiger partial charge on any atom is -0.394 e. The Morgan fingerprint density at radius 2 is 0.717 bits per heavy atom. The van der Waals surface area contributed by atoms with Gasteiger partial charge in [-0.2, -0.15) is 0 Å². The predicted molar refractivity (Wildman–Crippen MR) is 264 cm³/mol. The number of carbonyl (C=O) groups is 1. The zero-order valence-electron chi connectivity index (χ0n) is 40.4. The van der Waals surface area contributed by atoms with Crippen LogP contribution in [0.15, 0.2) is 36.5 Å². The van der Waals surface area contributed by atoms with Gasteiger partial charge in [-0.15, -0.1) is 0 Å². The lowest BCUT2D eigenvalue weighted by Crippen LogP contribution is -2.50. The molecule has 3 atom stereocenters.